The molecule has 0 aromatic rings. The van der Waals surface area contributed by atoms with Gasteiger partial charge in [0, 0.05) is 0 Å². The van der Waals surface area contributed by atoms with E-state index in [9.17, 15) is 0 Å². The molecule has 1 nitrogen and oxygen atoms in total. The lowest BCUT2D eigenvalue weighted by Crippen LogP contribution is -2.29. The Kier molecular flexibility index (Phi) is 6.96. The van der Waals surface area contributed by atoms with Crippen molar-refractivity contribution in [1.82, 2.24) is 0 Å². The summed E-state index contributed by atoms with van der Waals surface area (Å²) in [6, 6.07) is 0. The van der Waals surface area contributed by atoms with Crippen LogP contribution in [0.15, 0.2) is 11.8 Å². The lowest BCUT2D eigenvalue weighted by molar-refractivity contribution is 0.0387. The fraction of sp³-hybridized carbons (Fsp3) is 0.895. The summed E-state index contributed by atoms with van der Waals surface area (Å²) < 4.78 is 6.05. The van der Waals surface area contributed by atoms with Gasteiger partial charge in [-0.05, 0) is 49.5 Å². The number of hydrogen-bond acceptors (Lipinski definition) is 1. The van der Waals surface area contributed by atoms with E-state index in [2.05, 4.69) is 20.1 Å². The van der Waals surface area contributed by atoms with Crippen LogP contribution in [0.3, 0.4) is 0 Å². The molecule has 2 rings (SSSR count). The zero-order valence-corrected chi connectivity index (χ0v) is 13.7. The maximum Gasteiger partial charge on any atom is 0.101 e. The summed E-state index contributed by atoms with van der Waals surface area (Å²) in [5.41, 5.74) is 1.54. The predicted octanol–water partition coefficient (Wildman–Crippen LogP) is 6.24. The second-order valence-electron chi connectivity index (χ2n) is 7.02. The normalized spacial score (nSPS) is 30.7. The van der Waals surface area contributed by atoms with Gasteiger partial charge in [0.1, 0.15) is 6.10 Å². The molecule has 20 heavy (non-hydrogen) atoms. The molecule has 1 heterocycles. The van der Waals surface area contributed by atoms with Crippen LogP contribution >= 0.6 is 0 Å². The van der Waals surface area contributed by atoms with Gasteiger partial charge >= 0.3 is 0 Å². The number of rotatable bonds is 7. The Morgan fingerprint density at radius 1 is 1.00 bits per heavy atom. The Bertz CT molecular complexity index is 286. The summed E-state index contributed by atoms with van der Waals surface area (Å²) in [7, 11) is 0. The maximum atomic E-state index is 6.05. The van der Waals surface area contributed by atoms with Crippen molar-refractivity contribution >= 4 is 0 Å². The van der Waals surface area contributed by atoms with Crippen molar-refractivity contribution in [1.29, 1.82) is 0 Å². The number of unbranched alkanes of at least 4 members (excludes halogenated alkanes) is 2. The van der Waals surface area contributed by atoms with Crippen LogP contribution in [0.5, 0.6) is 0 Å². The summed E-state index contributed by atoms with van der Waals surface area (Å²) in [6.45, 7) is 4.56. The van der Waals surface area contributed by atoms with Crippen LogP contribution in [0.1, 0.15) is 90.9 Å². The van der Waals surface area contributed by atoms with Crippen molar-refractivity contribution in [2.24, 2.45) is 11.8 Å². The molecule has 1 aliphatic carbocycles. The molecule has 0 aromatic carbocycles. The monoisotopic (exact) mass is 278 g/mol. The molecule has 0 N–H and O–H groups in total. The summed E-state index contributed by atoms with van der Waals surface area (Å²) in [5, 5.41) is 0. The number of ether oxygens (including phenoxy) is 1. The first-order valence-corrected chi connectivity index (χ1v) is 9.16. The van der Waals surface area contributed by atoms with Crippen molar-refractivity contribution in [3.8, 4) is 0 Å². The molecule has 1 unspecified atom stereocenters. The summed E-state index contributed by atoms with van der Waals surface area (Å²) in [5.74, 6) is 1.87. The van der Waals surface area contributed by atoms with E-state index < -0.39 is 0 Å². The smallest absolute Gasteiger partial charge is 0.101 e. The van der Waals surface area contributed by atoms with Crippen LogP contribution in [0.25, 0.3) is 0 Å². The van der Waals surface area contributed by atoms with E-state index in [0.717, 1.165) is 11.8 Å². The lowest BCUT2D eigenvalue weighted by atomic mass is 9.76. The molecular formula is C19H34O. The molecular weight excluding hydrogens is 244 g/mol. The highest BCUT2D eigenvalue weighted by Crippen LogP contribution is 2.37. The third-order valence-corrected chi connectivity index (χ3v) is 5.36. The minimum atomic E-state index is 0.534. The summed E-state index contributed by atoms with van der Waals surface area (Å²) in [4.78, 5) is 0. The second kappa shape index (κ2) is 8.74. The third-order valence-electron chi connectivity index (χ3n) is 5.36. The molecule has 1 fully saturated rings. The van der Waals surface area contributed by atoms with E-state index in [4.69, 9.17) is 4.74 Å². The first-order valence-electron chi connectivity index (χ1n) is 9.16. The van der Waals surface area contributed by atoms with E-state index in [1.807, 2.05) is 0 Å². The lowest BCUT2D eigenvalue weighted by Gasteiger charge is -2.35. The van der Waals surface area contributed by atoms with Gasteiger partial charge in [0.05, 0.1) is 6.26 Å². The van der Waals surface area contributed by atoms with Crippen molar-refractivity contribution in [2.45, 2.75) is 97.0 Å². The number of hydrogen-bond donors (Lipinski definition) is 0. The van der Waals surface area contributed by atoms with Gasteiger partial charge in [-0.3, -0.25) is 0 Å². The molecule has 0 saturated heterocycles. The van der Waals surface area contributed by atoms with Crippen molar-refractivity contribution in [3.05, 3.63) is 11.8 Å². The van der Waals surface area contributed by atoms with Crippen LogP contribution in [-0.4, -0.2) is 6.10 Å². The van der Waals surface area contributed by atoms with Crippen molar-refractivity contribution < 1.29 is 4.74 Å². The predicted molar refractivity (Wildman–Crippen MR) is 86.7 cm³/mol. The highest BCUT2D eigenvalue weighted by atomic mass is 16.5. The Labute approximate surface area is 126 Å². The van der Waals surface area contributed by atoms with Gasteiger partial charge in [-0.15, -0.1) is 0 Å². The minimum Gasteiger partial charge on any atom is -0.498 e. The second-order valence-corrected chi connectivity index (χ2v) is 7.02. The Morgan fingerprint density at radius 2 is 1.80 bits per heavy atom. The Balaban J connectivity index is 1.67. The van der Waals surface area contributed by atoms with E-state index in [1.165, 1.54) is 82.6 Å². The van der Waals surface area contributed by atoms with Gasteiger partial charge < -0.3 is 4.74 Å². The fourth-order valence-electron chi connectivity index (χ4n) is 4.02. The van der Waals surface area contributed by atoms with E-state index in [-0.39, 0.29) is 0 Å². The molecule has 0 amide bonds. The number of allylic oxidation sites excluding steroid dienone is 1. The van der Waals surface area contributed by atoms with Crippen LogP contribution in [0, 0.1) is 11.8 Å². The third kappa shape index (κ3) is 4.82. The summed E-state index contributed by atoms with van der Waals surface area (Å²) in [6.07, 6.45) is 19.1. The molecule has 116 valence electrons. The highest BCUT2D eigenvalue weighted by Gasteiger charge is 2.29. The van der Waals surface area contributed by atoms with Gasteiger partial charge in [0.15, 0.2) is 0 Å². The zero-order valence-electron chi connectivity index (χ0n) is 13.7. The average Bonchev–Trinajstić information content (AvgIpc) is 2.49. The molecule has 1 atom stereocenters. The van der Waals surface area contributed by atoms with Crippen molar-refractivity contribution in [3.63, 3.8) is 0 Å². The van der Waals surface area contributed by atoms with Crippen LogP contribution in [0.4, 0.5) is 0 Å². The zero-order chi connectivity index (χ0) is 14.2. The van der Waals surface area contributed by atoms with Gasteiger partial charge in [0.25, 0.3) is 0 Å². The topological polar surface area (TPSA) is 9.23 Å². The van der Waals surface area contributed by atoms with Crippen LogP contribution in [0.2, 0.25) is 0 Å². The van der Waals surface area contributed by atoms with E-state index >= 15 is 0 Å². The molecule has 0 radical (unpaired) electrons. The molecule has 2 aliphatic rings. The average molecular weight is 278 g/mol. The van der Waals surface area contributed by atoms with Gasteiger partial charge in [-0.1, -0.05) is 58.8 Å². The largest absolute Gasteiger partial charge is 0.498 e. The first kappa shape index (κ1) is 15.9. The van der Waals surface area contributed by atoms with E-state index in [0.29, 0.717) is 6.10 Å². The Morgan fingerprint density at radius 3 is 2.40 bits per heavy atom. The quantitative estimate of drug-likeness (QED) is 0.501. The minimum absolute atomic E-state index is 0.534. The van der Waals surface area contributed by atoms with E-state index in [1.54, 1.807) is 0 Å². The van der Waals surface area contributed by atoms with Gasteiger partial charge in [-0.2, -0.15) is 0 Å². The highest BCUT2D eigenvalue weighted by molar-refractivity contribution is 5.02. The SMILES string of the molecule is CCCCCC1CCC(C2CCC(CCC)=CO2)CC1. The van der Waals surface area contributed by atoms with Crippen LogP contribution < -0.4 is 0 Å². The fourth-order valence-corrected chi connectivity index (χ4v) is 4.02. The van der Waals surface area contributed by atoms with Gasteiger partial charge in [0.2, 0.25) is 0 Å². The molecule has 1 saturated carbocycles. The molecule has 0 bridgehead atoms. The molecule has 1 aliphatic heterocycles. The molecule has 1 heteroatoms. The standard InChI is InChI=1S/C19H34O/c1-3-5-6-8-16-9-12-18(13-10-16)19-14-11-17(7-4-2)15-20-19/h15-16,18-19H,3-14H2,1-2H3. The summed E-state index contributed by atoms with van der Waals surface area (Å²) >= 11 is 0. The Hall–Kier alpha value is -0.460. The van der Waals surface area contributed by atoms with Crippen LogP contribution in [-0.2, 0) is 4.74 Å². The van der Waals surface area contributed by atoms with Gasteiger partial charge in [-0.25, -0.2) is 0 Å². The first-order chi connectivity index (χ1) is 9.83. The van der Waals surface area contributed by atoms with Crippen molar-refractivity contribution in [2.75, 3.05) is 0 Å². The molecule has 0 spiro atoms. The maximum absolute atomic E-state index is 6.05. The molecule has 0 aromatic heterocycles.